The van der Waals surface area contributed by atoms with Crippen molar-refractivity contribution in [2.45, 2.75) is 26.1 Å². The standard InChI is InChI=1S/C21H18ClN5O4S/c1-11(14-3-2-12(9-28)4-15(14)22)31-20-17(5-18(23)30)32-21(26-20)16-6-25-19-7-24-13(10-29)8-27(16)19/h2-4,6-8,10-11,28H,5,9H2,1H3,(H2,23,30)/t11-/m1/s1. The van der Waals surface area contributed by atoms with Crippen LogP contribution >= 0.6 is 22.9 Å². The molecule has 0 aliphatic rings. The molecule has 0 spiro atoms. The van der Waals surface area contributed by atoms with Gasteiger partial charge in [-0.05, 0) is 18.6 Å². The molecule has 3 heterocycles. The number of imidazole rings is 1. The summed E-state index contributed by atoms with van der Waals surface area (Å²) in [5.41, 5.74) is 8.23. The number of fused-ring (bicyclic) bond motifs is 1. The predicted molar refractivity (Wildman–Crippen MR) is 119 cm³/mol. The minimum Gasteiger partial charge on any atom is -0.469 e. The molecule has 0 saturated carbocycles. The Hall–Kier alpha value is -3.34. The third-order valence-electron chi connectivity index (χ3n) is 4.73. The van der Waals surface area contributed by atoms with Crippen LogP contribution in [0.15, 0.2) is 36.8 Å². The lowest BCUT2D eigenvalue weighted by Gasteiger charge is -2.16. The van der Waals surface area contributed by atoms with E-state index < -0.39 is 12.0 Å². The number of amides is 1. The molecule has 3 aromatic heterocycles. The second kappa shape index (κ2) is 9.03. The number of hydrogen-bond donors (Lipinski definition) is 2. The number of benzene rings is 1. The molecule has 0 bridgehead atoms. The number of thiazole rings is 1. The van der Waals surface area contributed by atoms with Crippen LogP contribution in [0.2, 0.25) is 5.02 Å². The summed E-state index contributed by atoms with van der Waals surface area (Å²) in [4.78, 5) is 36.2. The SMILES string of the molecule is C[C@@H](Oc1nc(-c2cnc3cnc(C=O)cn23)sc1CC(N)=O)c1ccc(CO)cc1Cl. The summed E-state index contributed by atoms with van der Waals surface area (Å²) in [6.07, 6.45) is 4.77. The van der Waals surface area contributed by atoms with Crippen molar-refractivity contribution in [3.8, 4) is 16.6 Å². The van der Waals surface area contributed by atoms with E-state index in [0.29, 0.717) is 43.7 Å². The number of halogens is 1. The van der Waals surface area contributed by atoms with E-state index in [9.17, 15) is 14.7 Å². The van der Waals surface area contributed by atoms with Crippen molar-refractivity contribution in [1.29, 1.82) is 0 Å². The average molecular weight is 472 g/mol. The molecule has 11 heteroatoms. The zero-order chi connectivity index (χ0) is 22.8. The van der Waals surface area contributed by atoms with E-state index in [4.69, 9.17) is 22.1 Å². The second-order valence-corrected chi connectivity index (χ2v) is 8.46. The number of nitrogens with two attached hydrogens (primary N) is 1. The van der Waals surface area contributed by atoms with Gasteiger partial charge in [-0.25, -0.2) is 9.97 Å². The number of carbonyl (C=O) groups excluding carboxylic acids is 2. The van der Waals surface area contributed by atoms with Gasteiger partial charge in [0, 0.05) is 16.8 Å². The van der Waals surface area contributed by atoms with Crippen molar-refractivity contribution in [1.82, 2.24) is 19.4 Å². The highest BCUT2D eigenvalue weighted by molar-refractivity contribution is 7.15. The molecule has 0 saturated heterocycles. The van der Waals surface area contributed by atoms with Gasteiger partial charge in [0.1, 0.15) is 22.5 Å². The molecule has 1 atom stereocenters. The normalized spacial score (nSPS) is 12.1. The number of rotatable bonds is 8. The van der Waals surface area contributed by atoms with Crippen LogP contribution in [-0.4, -0.2) is 36.7 Å². The number of aliphatic hydroxyl groups is 1. The van der Waals surface area contributed by atoms with E-state index in [1.165, 1.54) is 17.5 Å². The monoisotopic (exact) mass is 471 g/mol. The Labute approximate surface area is 191 Å². The lowest BCUT2D eigenvalue weighted by Crippen LogP contribution is -2.14. The van der Waals surface area contributed by atoms with Crippen LogP contribution < -0.4 is 10.5 Å². The van der Waals surface area contributed by atoms with E-state index in [0.717, 1.165) is 0 Å². The molecule has 3 N–H and O–H groups in total. The fourth-order valence-corrected chi connectivity index (χ4v) is 4.53. The number of aromatic nitrogens is 4. The largest absolute Gasteiger partial charge is 0.469 e. The van der Waals surface area contributed by atoms with Gasteiger partial charge in [-0.3, -0.25) is 14.0 Å². The number of primary amides is 1. The Bertz CT molecular complexity index is 1320. The highest BCUT2D eigenvalue weighted by atomic mass is 35.5. The lowest BCUT2D eigenvalue weighted by atomic mass is 10.1. The molecule has 1 amide bonds. The van der Waals surface area contributed by atoms with Crippen LogP contribution in [0.5, 0.6) is 5.88 Å². The van der Waals surface area contributed by atoms with Crippen LogP contribution in [0.4, 0.5) is 0 Å². The predicted octanol–water partition coefficient (Wildman–Crippen LogP) is 2.98. The zero-order valence-electron chi connectivity index (χ0n) is 16.9. The van der Waals surface area contributed by atoms with Crippen molar-refractivity contribution in [2.75, 3.05) is 0 Å². The van der Waals surface area contributed by atoms with E-state index in [-0.39, 0.29) is 24.6 Å². The molecular weight excluding hydrogens is 454 g/mol. The molecule has 0 aliphatic carbocycles. The van der Waals surface area contributed by atoms with Gasteiger partial charge in [-0.1, -0.05) is 23.7 Å². The average Bonchev–Trinajstić information content (AvgIpc) is 3.36. The Kier molecular flexibility index (Phi) is 6.17. The maximum atomic E-state index is 11.6. The summed E-state index contributed by atoms with van der Waals surface area (Å²) in [5, 5.41) is 10.3. The fourth-order valence-electron chi connectivity index (χ4n) is 3.16. The van der Waals surface area contributed by atoms with Crippen molar-refractivity contribution >= 4 is 40.8 Å². The Morgan fingerprint density at radius 1 is 1.38 bits per heavy atom. The Morgan fingerprint density at radius 3 is 2.88 bits per heavy atom. The number of nitrogens with zero attached hydrogens (tertiary/aromatic N) is 4. The van der Waals surface area contributed by atoms with E-state index in [1.807, 2.05) is 6.92 Å². The first-order chi connectivity index (χ1) is 15.4. The maximum Gasteiger partial charge on any atom is 0.229 e. The maximum absolute atomic E-state index is 11.6. The minimum absolute atomic E-state index is 0.0468. The van der Waals surface area contributed by atoms with Crippen LogP contribution in [0.25, 0.3) is 16.3 Å². The van der Waals surface area contributed by atoms with Crippen LogP contribution in [0.3, 0.4) is 0 Å². The summed E-state index contributed by atoms with van der Waals surface area (Å²) < 4.78 is 7.76. The summed E-state index contributed by atoms with van der Waals surface area (Å²) in [6, 6.07) is 5.21. The van der Waals surface area contributed by atoms with Crippen LogP contribution in [-0.2, 0) is 17.8 Å². The lowest BCUT2D eigenvalue weighted by molar-refractivity contribution is -0.117. The highest BCUT2D eigenvalue weighted by Gasteiger charge is 2.21. The van der Waals surface area contributed by atoms with Gasteiger partial charge in [0.05, 0.1) is 30.3 Å². The molecule has 4 aromatic rings. The first-order valence-corrected chi connectivity index (χ1v) is 10.7. The Balaban J connectivity index is 1.71. The first kappa shape index (κ1) is 21.9. The van der Waals surface area contributed by atoms with E-state index in [1.54, 1.807) is 35.0 Å². The number of aliphatic hydroxyl groups excluding tert-OH is 1. The molecule has 4 rings (SSSR count). The minimum atomic E-state index is -0.520. The first-order valence-electron chi connectivity index (χ1n) is 9.52. The topological polar surface area (TPSA) is 133 Å². The smallest absolute Gasteiger partial charge is 0.229 e. The zero-order valence-corrected chi connectivity index (χ0v) is 18.4. The van der Waals surface area contributed by atoms with Gasteiger partial charge in [0.25, 0.3) is 0 Å². The van der Waals surface area contributed by atoms with Gasteiger partial charge < -0.3 is 15.6 Å². The summed E-state index contributed by atoms with van der Waals surface area (Å²) in [7, 11) is 0. The van der Waals surface area contributed by atoms with Gasteiger partial charge in [-0.2, -0.15) is 4.98 Å². The summed E-state index contributed by atoms with van der Waals surface area (Å²) in [6.45, 7) is 1.69. The van der Waals surface area contributed by atoms with E-state index >= 15 is 0 Å². The molecule has 1 aromatic carbocycles. The van der Waals surface area contributed by atoms with Gasteiger partial charge in [0.15, 0.2) is 11.9 Å². The van der Waals surface area contributed by atoms with E-state index in [2.05, 4.69) is 15.0 Å². The van der Waals surface area contributed by atoms with Crippen LogP contribution in [0.1, 0.15) is 39.5 Å². The van der Waals surface area contributed by atoms with Crippen molar-refractivity contribution in [2.24, 2.45) is 5.73 Å². The number of carbonyl (C=O) groups is 2. The van der Waals surface area contributed by atoms with Crippen LogP contribution in [0, 0.1) is 0 Å². The summed E-state index contributed by atoms with van der Waals surface area (Å²) in [5.74, 6) is -0.258. The quantitative estimate of drug-likeness (QED) is 0.377. The molecular formula is C21H18ClN5O4S. The van der Waals surface area contributed by atoms with Crippen molar-refractivity contribution in [3.63, 3.8) is 0 Å². The number of ether oxygens (including phenoxy) is 1. The second-order valence-electron chi connectivity index (χ2n) is 6.97. The third-order valence-corrected chi connectivity index (χ3v) is 6.11. The third kappa shape index (κ3) is 4.33. The molecule has 0 unspecified atom stereocenters. The van der Waals surface area contributed by atoms with Gasteiger partial charge >= 0.3 is 0 Å². The number of aldehydes is 1. The molecule has 32 heavy (non-hydrogen) atoms. The fraction of sp³-hybridized carbons (Fsp3) is 0.190. The molecule has 0 fully saturated rings. The van der Waals surface area contributed by atoms with Crippen molar-refractivity contribution < 1.29 is 19.4 Å². The highest BCUT2D eigenvalue weighted by Crippen LogP contribution is 2.36. The van der Waals surface area contributed by atoms with Gasteiger partial charge in [0.2, 0.25) is 11.8 Å². The molecule has 0 radical (unpaired) electrons. The molecule has 9 nitrogen and oxygen atoms in total. The Morgan fingerprint density at radius 2 is 2.19 bits per heavy atom. The number of hydrogen-bond acceptors (Lipinski definition) is 8. The summed E-state index contributed by atoms with van der Waals surface area (Å²) >= 11 is 7.59. The van der Waals surface area contributed by atoms with Gasteiger partial charge in [-0.15, -0.1) is 11.3 Å². The molecule has 0 aliphatic heterocycles. The molecule has 164 valence electrons. The van der Waals surface area contributed by atoms with Crippen molar-refractivity contribution in [3.05, 3.63) is 63.5 Å².